The zero-order valence-corrected chi connectivity index (χ0v) is 14.2. The first-order valence-electron chi connectivity index (χ1n) is 7.73. The molecule has 1 aromatic rings. The molecule has 0 radical (unpaired) electrons. The lowest BCUT2D eigenvalue weighted by atomic mass is 9.74. The van der Waals surface area contributed by atoms with Crippen LogP contribution in [-0.4, -0.2) is 39.3 Å². The van der Waals surface area contributed by atoms with E-state index in [4.69, 9.17) is 4.74 Å². The van der Waals surface area contributed by atoms with E-state index in [9.17, 15) is 4.79 Å². The maximum Gasteiger partial charge on any atom is 0.224 e. The second-order valence-electron chi connectivity index (χ2n) is 5.94. The standard InChI is InChI=1S/C17H26N2O2.ClH/c1-14(12-18-2)16(20)19-13-17(8-10-21-11-9-17)15-6-4-3-5-7-15;/h3-7,14,18H,8-13H2,1-2H3,(H,19,20);1H. The summed E-state index contributed by atoms with van der Waals surface area (Å²) in [6.45, 7) is 4.86. The van der Waals surface area contributed by atoms with Gasteiger partial charge in [0.1, 0.15) is 0 Å². The molecule has 5 heteroatoms. The summed E-state index contributed by atoms with van der Waals surface area (Å²) >= 11 is 0. The van der Waals surface area contributed by atoms with Crippen LogP contribution in [-0.2, 0) is 14.9 Å². The first-order valence-corrected chi connectivity index (χ1v) is 7.73. The van der Waals surface area contributed by atoms with E-state index in [2.05, 4.69) is 34.9 Å². The topological polar surface area (TPSA) is 50.4 Å². The van der Waals surface area contributed by atoms with Gasteiger partial charge in [-0.25, -0.2) is 0 Å². The minimum Gasteiger partial charge on any atom is -0.381 e. The molecule has 22 heavy (non-hydrogen) atoms. The van der Waals surface area contributed by atoms with Crippen LogP contribution < -0.4 is 10.6 Å². The molecule has 1 fully saturated rings. The van der Waals surface area contributed by atoms with Crippen LogP contribution >= 0.6 is 12.4 Å². The highest BCUT2D eigenvalue weighted by Gasteiger charge is 2.34. The zero-order chi connectivity index (χ0) is 15.1. The Bertz CT molecular complexity index is 447. The molecule has 1 aliphatic rings. The Kier molecular flexibility index (Phi) is 7.87. The van der Waals surface area contributed by atoms with Gasteiger partial charge >= 0.3 is 0 Å². The molecular weight excluding hydrogens is 300 g/mol. The average Bonchev–Trinajstić information content (AvgIpc) is 2.54. The first kappa shape index (κ1) is 18.9. The minimum absolute atomic E-state index is 0. The number of hydrogen-bond donors (Lipinski definition) is 2. The molecule has 1 amide bonds. The third-order valence-corrected chi connectivity index (χ3v) is 4.39. The summed E-state index contributed by atoms with van der Waals surface area (Å²) in [7, 11) is 1.87. The number of rotatable bonds is 6. The van der Waals surface area contributed by atoms with E-state index in [1.807, 2.05) is 20.0 Å². The Morgan fingerprint density at radius 3 is 2.50 bits per heavy atom. The van der Waals surface area contributed by atoms with Gasteiger partial charge in [0.05, 0.1) is 0 Å². The highest BCUT2D eigenvalue weighted by molar-refractivity contribution is 5.85. The molecule has 1 atom stereocenters. The van der Waals surface area contributed by atoms with Crippen LogP contribution in [0.1, 0.15) is 25.3 Å². The van der Waals surface area contributed by atoms with Crippen LogP contribution in [0.3, 0.4) is 0 Å². The van der Waals surface area contributed by atoms with Gasteiger partial charge < -0.3 is 15.4 Å². The SMILES string of the molecule is CNCC(C)C(=O)NCC1(c2ccccc2)CCOCC1.Cl. The van der Waals surface area contributed by atoms with E-state index in [0.717, 1.165) is 26.1 Å². The molecule has 0 bridgehead atoms. The number of nitrogens with one attached hydrogen (secondary N) is 2. The van der Waals surface area contributed by atoms with E-state index < -0.39 is 0 Å². The molecule has 1 aromatic carbocycles. The number of carbonyl (C=O) groups excluding carboxylic acids is 1. The molecule has 1 heterocycles. The van der Waals surface area contributed by atoms with Crippen LogP contribution in [0.2, 0.25) is 0 Å². The Morgan fingerprint density at radius 1 is 1.27 bits per heavy atom. The van der Waals surface area contributed by atoms with E-state index in [1.165, 1.54) is 5.56 Å². The Morgan fingerprint density at radius 2 is 1.91 bits per heavy atom. The van der Waals surface area contributed by atoms with Crippen molar-refractivity contribution in [3.05, 3.63) is 35.9 Å². The molecule has 4 nitrogen and oxygen atoms in total. The van der Waals surface area contributed by atoms with Gasteiger partial charge in [-0.15, -0.1) is 12.4 Å². The number of ether oxygens (including phenoxy) is 1. The fourth-order valence-electron chi connectivity index (χ4n) is 2.95. The van der Waals surface area contributed by atoms with Gasteiger partial charge in [0.25, 0.3) is 0 Å². The van der Waals surface area contributed by atoms with Crippen molar-refractivity contribution in [2.24, 2.45) is 5.92 Å². The van der Waals surface area contributed by atoms with Gasteiger partial charge in [0.15, 0.2) is 0 Å². The van der Waals surface area contributed by atoms with E-state index in [-0.39, 0.29) is 29.6 Å². The van der Waals surface area contributed by atoms with E-state index in [0.29, 0.717) is 13.1 Å². The first-order chi connectivity index (χ1) is 10.2. The lowest BCUT2D eigenvalue weighted by Crippen LogP contribution is -2.46. The van der Waals surface area contributed by atoms with E-state index in [1.54, 1.807) is 0 Å². The Hall–Kier alpha value is -1.10. The fourth-order valence-corrected chi connectivity index (χ4v) is 2.95. The predicted octanol–water partition coefficient (Wildman–Crippen LogP) is 2.13. The summed E-state index contributed by atoms with van der Waals surface area (Å²) in [6, 6.07) is 10.5. The van der Waals surface area contributed by atoms with Crippen molar-refractivity contribution in [1.82, 2.24) is 10.6 Å². The smallest absolute Gasteiger partial charge is 0.224 e. The molecule has 2 rings (SSSR count). The van der Waals surface area contributed by atoms with Crippen LogP contribution in [0.4, 0.5) is 0 Å². The Balaban J connectivity index is 0.00000242. The average molecular weight is 327 g/mol. The molecule has 0 aliphatic carbocycles. The number of hydrogen-bond acceptors (Lipinski definition) is 3. The molecule has 1 aliphatic heterocycles. The third-order valence-electron chi connectivity index (χ3n) is 4.39. The molecule has 0 aromatic heterocycles. The van der Waals surface area contributed by atoms with Gasteiger partial charge in [-0.2, -0.15) is 0 Å². The van der Waals surface area contributed by atoms with E-state index >= 15 is 0 Å². The lowest BCUT2D eigenvalue weighted by Gasteiger charge is -2.38. The van der Waals surface area contributed by atoms with Gasteiger partial charge in [0.2, 0.25) is 5.91 Å². The maximum atomic E-state index is 12.2. The summed E-state index contributed by atoms with van der Waals surface area (Å²) in [6.07, 6.45) is 1.91. The maximum absolute atomic E-state index is 12.2. The molecule has 124 valence electrons. The normalized spacial score (nSPS) is 18.1. The van der Waals surface area contributed by atoms with Gasteiger partial charge in [-0.1, -0.05) is 37.3 Å². The van der Waals surface area contributed by atoms with Crippen LogP contribution in [0, 0.1) is 5.92 Å². The third kappa shape index (κ3) is 4.70. The van der Waals surface area contributed by atoms with Crippen molar-refractivity contribution in [1.29, 1.82) is 0 Å². The van der Waals surface area contributed by atoms with Crippen molar-refractivity contribution >= 4 is 18.3 Å². The molecule has 1 unspecified atom stereocenters. The van der Waals surface area contributed by atoms with Crippen LogP contribution in [0.5, 0.6) is 0 Å². The quantitative estimate of drug-likeness (QED) is 0.842. The van der Waals surface area contributed by atoms with Crippen molar-refractivity contribution in [2.75, 3.05) is 33.4 Å². The van der Waals surface area contributed by atoms with Crippen LogP contribution in [0.15, 0.2) is 30.3 Å². The second-order valence-corrected chi connectivity index (χ2v) is 5.94. The molecule has 0 saturated carbocycles. The largest absolute Gasteiger partial charge is 0.381 e. The summed E-state index contributed by atoms with van der Waals surface area (Å²) < 4.78 is 5.52. The zero-order valence-electron chi connectivity index (χ0n) is 13.4. The molecular formula is C17H27ClN2O2. The Labute approximate surface area is 139 Å². The molecule has 0 spiro atoms. The highest BCUT2D eigenvalue weighted by Crippen LogP contribution is 2.34. The number of benzene rings is 1. The van der Waals surface area contributed by atoms with Gasteiger partial charge in [-0.05, 0) is 25.5 Å². The predicted molar refractivity (Wildman–Crippen MR) is 91.5 cm³/mol. The van der Waals surface area contributed by atoms with Crippen molar-refractivity contribution in [3.63, 3.8) is 0 Å². The van der Waals surface area contributed by atoms with Gasteiger partial charge in [-0.3, -0.25) is 4.79 Å². The monoisotopic (exact) mass is 326 g/mol. The summed E-state index contributed by atoms with van der Waals surface area (Å²) in [4.78, 5) is 12.2. The summed E-state index contributed by atoms with van der Waals surface area (Å²) in [5.41, 5.74) is 1.31. The van der Waals surface area contributed by atoms with Crippen LogP contribution in [0.25, 0.3) is 0 Å². The second kappa shape index (κ2) is 9.13. The minimum atomic E-state index is -0.0114. The van der Waals surface area contributed by atoms with Crippen molar-refractivity contribution in [3.8, 4) is 0 Å². The van der Waals surface area contributed by atoms with Crippen molar-refractivity contribution in [2.45, 2.75) is 25.2 Å². The summed E-state index contributed by atoms with van der Waals surface area (Å²) in [5, 5.41) is 6.19. The van der Waals surface area contributed by atoms with Gasteiger partial charge in [0, 0.05) is 37.6 Å². The number of carbonyl (C=O) groups is 1. The highest BCUT2D eigenvalue weighted by atomic mass is 35.5. The molecule has 1 saturated heterocycles. The lowest BCUT2D eigenvalue weighted by molar-refractivity contribution is -0.124. The van der Waals surface area contributed by atoms with Crippen molar-refractivity contribution < 1.29 is 9.53 Å². The fraction of sp³-hybridized carbons (Fsp3) is 0.588. The number of halogens is 1. The number of amides is 1. The summed E-state index contributed by atoms with van der Waals surface area (Å²) in [5.74, 6) is 0.105. The molecule has 2 N–H and O–H groups in total.